The van der Waals surface area contributed by atoms with Gasteiger partial charge in [0, 0.05) is 17.5 Å². The van der Waals surface area contributed by atoms with Crippen LogP contribution in [0.2, 0.25) is 0 Å². The summed E-state index contributed by atoms with van der Waals surface area (Å²) in [5.74, 6) is 0.643. The number of rotatable bonds is 4. The Morgan fingerprint density at radius 2 is 2.31 bits per heavy atom. The number of nitrogens with zero attached hydrogens (tertiary/aromatic N) is 2. The predicted molar refractivity (Wildman–Crippen MR) is 68.0 cm³/mol. The van der Waals surface area contributed by atoms with E-state index in [1.807, 2.05) is 24.6 Å². The van der Waals surface area contributed by atoms with E-state index in [0.717, 1.165) is 16.6 Å². The number of ether oxygens (including phenoxy) is 1. The average molecular weight is 299 g/mol. The lowest BCUT2D eigenvalue weighted by Gasteiger charge is -2.05. The van der Waals surface area contributed by atoms with Gasteiger partial charge in [0.2, 0.25) is 5.88 Å². The van der Waals surface area contributed by atoms with Gasteiger partial charge in [0.15, 0.2) is 0 Å². The summed E-state index contributed by atoms with van der Waals surface area (Å²) in [5, 5.41) is 0. The average Bonchev–Trinajstić information content (AvgIpc) is 2.67. The summed E-state index contributed by atoms with van der Waals surface area (Å²) < 4.78 is 6.47. The van der Waals surface area contributed by atoms with Crippen LogP contribution in [0.1, 0.15) is 10.6 Å². The van der Waals surface area contributed by atoms with E-state index in [0.29, 0.717) is 12.5 Å². The molecule has 84 valence electrons. The van der Waals surface area contributed by atoms with E-state index in [4.69, 9.17) is 4.74 Å². The number of aryl methyl sites for hydroxylation is 1. The molecule has 2 aromatic rings. The molecular formula is C11H11BrN2OS. The predicted octanol–water partition coefficient (Wildman–Crippen LogP) is 3.23. The summed E-state index contributed by atoms with van der Waals surface area (Å²) in [6.07, 6.45) is 2.59. The maximum absolute atomic E-state index is 5.59. The molecule has 0 spiro atoms. The first kappa shape index (κ1) is 11.5. The quantitative estimate of drug-likeness (QED) is 0.869. The highest BCUT2D eigenvalue weighted by molar-refractivity contribution is 9.10. The van der Waals surface area contributed by atoms with Gasteiger partial charge in [0.1, 0.15) is 0 Å². The Kier molecular flexibility index (Phi) is 3.90. The summed E-state index contributed by atoms with van der Waals surface area (Å²) in [4.78, 5) is 9.61. The minimum Gasteiger partial charge on any atom is -0.476 e. The number of halogens is 1. The van der Waals surface area contributed by atoms with Gasteiger partial charge in [0.25, 0.3) is 0 Å². The van der Waals surface area contributed by atoms with Crippen LogP contribution >= 0.6 is 27.3 Å². The number of aromatic nitrogens is 2. The van der Waals surface area contributed by atoms with Gasteiger partial charge in [0.05, 0.1) is 22.3 Å². The monoisotopic (exact) mass is 298 g/mol. The smallest absolute Gasteiger partial charge is 0.227 e. The van der Waals surface area contributed by atoms with Crippen LogP contribution in [-0.2, 0) is 6.42 Å². The van der Waals surface area contributed by atoms with Gasteiger partial charge in [-0.2, -0.15) is 0 Å². The van der Waals surface area contributed by atoms with Crippen molar-refractivity contribution in [1.29, 1.82) is 0 Å². The first-order valence-corrected chi connectivity index (χ1v) is 6.57. The lowest BCUT2D eigenvalue weighted by Crippen LogP contribution is -2.02. The van der Waals surface area contributed by atoms with Crippen molar-refractivity contribution < 1.29 is 4.74 Å². The van der Waals surface area contributed by atoms with Gasteiger partial charge in [-0.3, -0.25) is 0 Å². The summed E-state index contributed by atoms with van der Waals surface area (Å²) >= 11 is 5.06. The van der Waals surface area contributed by atoms with Crippen LogP contribution in [0.4, 0.5) is 0 Å². The zero-order chi connectivity index (χ0) is 11.4. The Morgan fingerprint density at radius 1 is 1.44 bits per heavy atom. The molecule has 0 aromatic carbocycles. The second-order valence-electron chi connectivity index (χ2n) is 3.25. The Balaban J connectivity index is 1.89. The Labute approximate surface area is 107 Å². The number of hydrogen-bond donors (Lipinski definition) is 0. The highest BCUT2D eigenvalue weighted by atomic mass is 79.9. The molecule has 0 aliphatic heterocycles. The summed E-state index contributed by atoms with van der Waals surface area (Å²) in [6.45, 7) is 2.64. The number of pyridine rings is 1. The molecule has 2 rings (SSSR count). The van der Waals surface area contributed by atoms with Crippen molar-refractivity contribution in [1.82, 2.24) is 9.97 Å². The molecule has 0 saturated carbocycles. The minimum atomic E-state index is 0.624. The van der Waals surface area contributed by atoms with Crippen LogP contribution in [0.5, 0.6) is 5.88 Å². The van der Waals surface area contributed by atoms with E-state index in [9.17, 15) is 0 Å². The lowest BCUT2D eigenvalue weighted by molar-refractivity contribution is 0.308. The van der Waals surface area contributed by atoms with Gasteiger partial charge in [-0.15, -0.1) is 11.3 Å². The van der Waals surface area contributed by atoms with Gasteiger partial charge < -0.3 is 4.74 Å². The summed E-state index contributed by atoms with van der Waals surface area (Å²) in [5.41, 5.74) is 2.95. The van der Waals surface area contributed by atoms with Crippen molar-refractivity contribution in [3.8, 4) is 5.88 Å². The number of hydrogen-bond acceptors (Lipinski definition) is 4. The van der Waals surface area contributed by atoms with Gasteiger partial charge in [-0.05, 0) is 35.0 Å². The summed E-state index contributed by atoms with van der Waals surface area (Å²) in [7, 11) is 0. The zero-order valence-electron chi connectivity index (χ0n) is 8.81. The molecule has 0 saturated heterocycles. The first-order valence-electron chi connectivity index (χ1n) is 4.89. The largest absolute Gasteiger partial charge is 0.476 e. The molecule has 3 nitrogen and oxygen atoms in total. The molecule has 2 heterocycles. The van der Waals surface area contributed by atoms with Crippen molar-refractivity contribution in [3.05, 3.63) is 38.9 Å². The molecular weight excluding hydrogens is 288 g/mol. The number of thiazole rings is 1. The van der Waals surface area contributed by atoms with Crippen LogP contribution in [-0.4, -0.2) is 16.6 Å². The van der Waals surface area contributed by atoms with E-state index < -0.39 is 0 Å². The fourth-order valence-electron chi connectivity index (χ4n) is 1.28. The highest BCUT2D eigenvalue weighted by Gasteiger charge is 2.04. The summed E-state index contributed by atoms with van der Waals surface area (Å²) in [6, 6.07) is 3.78. The molecule has 0 aliphatic rings. The van der Waals surface area contributed by atoms with Crippen molar-refractivity contribution in [2.75, 3.05) is 6.61 Å². The molecule has 0 aliphatic carbocycles. The molecule has 0 radical (unpaired) electrons. The van der Waals surface area contributed by atoms with E-state index in [1.54, 1.807) is 17.5 Å². The Hall–Kier alpha value is -0.940. The third-order valence-electron chi connectivity index (χ3n) is 2.14. The fourth-order valence-corrected chi connectivity index (χ4v) is 2.42. The molecule has 0 amide bonds. The van der Waals surface area contributed by atoms with Crippen molar-refractivity contribution in [2.24, 2.45) is 0 Å². The standard InChI is InChI=1S/C11H11BrN2OS/c1-8-10(16-7-14-8)4-6-15-11-9(12)3-2-5-13-11/h2-3,5,7H,4,6H2,1H3. The minimum absolute atomic E-state index is 0.624. The highest BCUT2D eigenvalue weighted by Crippen LogP contribution is 2.21. The van der Waals surface area contributed by atoms with E-state index in [2.05, 4.69) is 25.9 Å². The maximum atomic E-state index is 5.59. The van der Waals surface area contributed by atoms with Crippen molar-refractivity contribution in [3.63, 3.8) is 0 Å². The van der Waals surface area contributed by atoms with Crippen molar-refractivity contribution in [2.45, 2.75) is 13.3 Å². The molecule has 0 N–H and O–H groups in total. The van der Waals surface area contributed by atoms with Gasteiger partial charge >= 0.3 is 0 Å². The molecule has 0 unspecified atom stereocenters. The molecule has 16 heavy (non-hydrogen) atoms. The molecule has 2 aromatic heterocycles. The normalized spacial score (nSPS) is 10.4. The molecule has 5 heteroatoms. The third kappa shape index (κ3) is 2.80. The lowest BCUT2D eigenvalue weighted by atomic mass is 10.3. The second kappa shape index (κ2) is 5.41. The maximum Gasteiger partial charge on any atom is 0.227 e. The zero-order valence-corrected chi connectivity index (χ0v) is 11.2. The van der Waals surface area contributed by atoms with Crippen LogP contribution in [0, 0.1) is 6.92 Å². The molecule has 0 fully saturated rings. The SMILES string of the molecule is Cc1ncsc1CCOc1ncccc1Br. The second-order valence-corrected chi connectivity index (χ2v) is 5.04. The topological polar surface area (TPSA) is 35.0 Å². The molecule has 0 bridgehead atoms. The van der Waals surface area contributed by atoms with Crippen molar-refractivity contribution >= 4 is 27.3 Å². The van der Waals surface area contributed by atoms with Gasteiger partial charge in [-0.25, -0.2) is 9.97 Å². The Bertz CT molecular complexity index is 473. The first-order chi connectivity index (χ1) is 7.77. The van der Waals surface area contributed by atoms with Crippen LogP contribution in [0.3, 0.4) is 0 Å². The van der Waals surface area contributed by atoms with E-state index >= 15 is 0 Å². The van der Waals surface area contributed by atoms with Crippen LogP contribution in [0.15, 0.2) is 28.3 Å². The van der Waals surface area contributed by atoms with E-state index in [1.165, 1.54) is 4.88 Å². The van der Waals surface area contributed by atoms with Crippen LogP contribution in [0.25, 0.3) is 0 Å². The fraction of sp³-hybridized carbons (Fsp3) is 0.273. The van der Waals surface area contributed by atoms with Crippen LogP contribution < -0.4 is 4.74 Å². The molecule has 0 atom stereocenters. The van der Waals surface area contributed by atoms with E-state index in [-0.39, 0.29) is 0 Å². The van der Waals surface area contributed by atoms with Gasteiger partial charge in [-0.1, -0.05) is 0 Å². The third-order valence-corrected chi connectivity index (χ3v) is 3.74. The Morgan fingerprint density at radius 3 is 3.00 bits per heavy atom.